The van der Waals surface area contributed by atoms with E-state index < -0.39 is 48.8 Å². The average molecular weight is 310 g/mol. The number of hydrogen-bond acceptors (Lipinski definition) is 9. The molecule has 0 aliphatic carbocycles. The first-order valence-corrected chi connectivity index (χ1v) is 4.31. The Morgan fingerprint density at radius 1 is 0.789 bits per heavy atom. The normalized spacial score (nSPS) is 12.2. The molecule has 0 bridgehead atoms. The van der Waals surface area contributed by atoms with Gasteiger partial charge in [0.05, 0.1) is 24.0 Å². The zero-order valence-electron chi connectivity index (χ0n) is 9.75. The second kappa shape index (κ2) is 11.7. The summed E-state index contributed by atoms with van der Waals surface area (Å²) in [6.45, 7) is 0. The van der Waals surface area contributed by atoms with Gasteiger partial charge in [-0.3, -0.25) is 0 Å². The van der Waals surface area contributed by atoms with Crippen LogP contribution in [0.15, 0.2) is 0 Å². The summed E-state index contributed by atoms with van der Waals surface area (Å²) in [5, 5.41) is 42.9. The monoisotopic (exact) mass is 309 g/mol. The molecule has 0 aromatic carbocycles. The van der Waals surface area contributed by atoms with Crippen molar-refractivity contribution in [1.29, 1.82) is 0 Å². The fourth-order valence-electron chi connectivity index (χ4n) is 0.997. The van der Waals surface area contributed by atoms with Crippen LogP contribution in [0.25, 0.3) is 0 Å². The number of carboxylic acid groups (broad SMARTS) is 4. The van der Waals surface area contributed by atoms with E-state index in [0.29, 0.717) is 0 Å². The number of rotatable bonds is 8. The van der Waals surface area contributed by atoms with E-state index in [1.165, 1.54) is 0 Å². The standard InChI is InChI=1S/C8H11NO8.Ca.Mg/c10-5(11)1-3(7(14)15)9-4(8(16)17)2-6(12)13;;/h3-4,9H,1-2H2,(H,10,11)(H,12,13)(H,14,15)(H,16,17);;/q;2*+2/p-4. The number of carbonyl (C=O) groups excluding carboxylic acids is 4. The molecule has 9 nitrogen and oxygen atoms in total. The third-order valence-corrected chi connectivity index (χ3v) is 1.71. The van der Waals surface area contributed by atoms with Crippen molar-refractivity contribution in [1.82, 2.24) is 5.32 Å². The van der Waals surface area contributed by atoms with Gasteiger partial charge >= 0.3 is 60.8 Å². The van der Waals surface area contributed by atoms with Crippen molar-refractivity contribution in [2.45, 2.75) is 24.9 Å². The van der Waals surface area contributed by atoms with Crippen LogP contribution in [0.5, 0.6) is 0 Å². The quantitative estimate of drug-likeness (QED) is 0.427. The zero-order valence-corrected chi connectivity index (χ0v) is 13.4. The van der Waals surface area contributed by atoms with E-state index in [9.17, 15) is 39.6 Å². The molecule has 0 spiro atoms. The molecule has 0 aromatic heterocycles. The first-order valence-electron chi connectivity index (χ1n) is 4.31. The minimum Gasteiger partial charge on any atom is -0.550 e. The van der Waals surface area contributed by atoms with Gasteiger partial charge in [0, 0.05) is 24.8 Å². The maximum absolute atomic E-state index is 10.4. The molecule has 0 radical (unpaired) electrons. The summed E-state index contributed by atoms with van der Waals surface area (Å²) in [6, 6.07) is -3.80. The van der Waals surface area contributed by atoms with Crippen molar-refractivity contribution >= 4 is 84.7 Å². The molecule has 11 heteroatoms. The Hall–Kier alpha value is -0.134. The third-order valence-electron chi connectivity index (χ3n) is 1.71. The number of nitrogens with one attached hydrogen (secondary N) is 1. The van der Waals surface area contributed by atoms with E-state index in [1.54, 1.807) is 5.32 Å². The molecule has 0 aromatic rings. The maximum atomic E-state index is 10.4. The Balaban J connectivity index is -0.00000128. The van der Waals surface area contributed by atoms with E-state index in [0.717, 1.165) is 0 Å². The van der Waals surface area contributed by atoms with Crippen LogP contribution in [-0.4, -0.2) is 96.8 Å². The molecule has 2 atom stereocenters. The van der Waals surface area contributed by atoms with Crippen LogP contribution >= 0.6 is 0 Å². The van der Waals surface area contributed by atoms with Crippen LogP contribution in [0.1, 0.15) is 12.8 Å². The van der Waals surface area contributed by atoms with Gasteiger partial charge in [-0.15, -0.1) is 0 Å². The van der Waals surface area contributed by atoms with Gasteiger partial charge < -0.3 is 44.9 Å². The van der Waals surface area contributed by atoms with Crippen molar-refractivity contribution in [3.63, 3.8) is 0 Å². The summed E-state index contributed by atoms with van der Waals surface area (Å²) in [4.78, 5) is 41.2. The predicted molar refractivity (Wildman–Crippen MR) is 51.5 cm³/mol. The van der Waals surface area contributed by atoms with E-state index >= 15 is 0 Å². The number of hydrogen-bond donors (Lipinski definition) is 1. The molecule has 0 saturated carbocycles. The minimum absolute atomic E-state index is 0. The van der Waals surface area contributed by atoms with Gasteiger partial charge in [0.25, 0.3) is 0 Å². The molecule has 0 aliphatic heterocycles. The molecular formula is C8H7CaMgNO8. The molecule has 0 amide bonds. The third kappa shape index (κ3) is 11.4. The smallest absolute Gasteiger partial charge is 0.550 e. The van der Waals surface area contributed by atoms with Gasteiger partial charge in [-0.1, -0.05) is 0 Å². The van der Waals surface area contributed by atoms with Crippen LogP contribution in [0.3, 0.4) is 0 Å². The van der Waals surface area contributed by atoms with Gasteiger partial charge in [0.15, 0.2) is 0 Å². The van der Waals surface area contributed by atoms with Crippen LogP contribution in [-0.2, 0) is 19.2 Å². The van der Waals surface area contributed by atoms with E-state index in [2.05, 4.69) is 0 Å². The van der Waals surface area contributed by atoms with E-state index in [1.807, 2.05) is 0 Å². The summed E-state index contributed by atoms with van der Waals surface area (Å²) in [6.07, 6.45) is -2.14. The van der Waals surface area contributed by atoms with Crippen molar-refractivity contribution in [2.24, 2.45) is 0 Å². The Labute approximate surface area is 153 Å². The molecule has 0 fully saturated rings. The van der Waals surface area contributed by atoms with Gasteiger partial charge in [-0.25, -0.2) is 0 Å². The fraction of sp³-hybridized carbons (Fsp3) is 0.500. The summed E-state index contributed by atoms with van der Waals surface area (Å²) < 4.78 is 0. The molecule has 19 heavy (non-hydrogen) atoms. The van der Waals surface area contributed by atoms with Crippen molar-refractivity contribution < 1.29 is 39.6 Å². The van der Waals surface area contributed by atoms with Crippen LogP contribution in [0.4, 0.5) is 0 Å². The molecule has 2 unspecified atom stereocenters. The van der Waals surface area contributed by atoms with Crippen molar-refractivity contribution in [2.75, 3.05) is 0 Å². The summed E-state index contributed by atoms with van der Waals surface area (Å²) >= 11 is 0. The molecule has 1 N–H and O–H groups in total. The second-order valence-corrected chi connectivity index (χ2v) is 3.06. The maximum Gasteiger partial charge on any atom is 2.00 e. The zero-order chi connectivity index (χ0) is 13.6. The van der Waals surface area contributed by atoms with Crippen LogP contribution < -0.4 is 25.7 Å². The van der Waals surface area contributed by atoms with Gasteiger partial charge in [0.2, 0.25) is 0 Å². The van der Waals surface area contributed by atoms with Crippen molar-refractivity contribution in [3.8, 4) is 0 Å². The van der Waals surface area contributed by atoms with Crippen molar-refractivity contribution in [3.05, 3.63) is 0 Å². The molecular weight excluding hydrogens is 302 g/mol. The first kappa shape index (κ1) is 23.9. The van der Waals surface area contributed by atoms with Gasteiger partial charge in [0.1, 0.15) is 0 Å². The second-order valence-electron chi connectivity index (χ2n) is 3.06. The first-order chi connectivity index (χ1) is 7.73. The Morgan fingerprint density at radius 2 is 1.05 bits per heavy atom. The SMILES string of the molecule is O=C([O-])CC(NC(CC(=O)[O-])C(=O)[O-])C(=O)[O-].[Ca+2].[Mg+2]. The number of carboxylic acids is 4. The minimum atomic E-state index is -1.90. The molecule has 0 saturated heterocycles. The van der Waals surface area contributed by atoms with Gasteiger partial charge in [-0.05, 0) is 0 Å². The summed E-state index contributed by atoms with van der Waals surface area (Å²) in [5.74, 6) is -7.34. The van der Waals surface area contributed by atoms with E-state index in [-0.39, 0.29) is 60.8 Å². The summed E-state index contributed by atoms with van der Waals surface area (Å²) in [5.41, 5.74) is 0. The van der Waals surface area contributed by atoms with E-state index in [4.69, 9.17) is 0 Å². The van der Waals surface area contributed by atoms with Crippen LogP contribution in [0.2, 0.25) is 0 Å². The Morgan fingerprint density at radius 3 is 1.21 bits per heavy atom. The molecule has 0 rings (SSSR count). The summed E-state index contributed by atoms with van der Waals surface area (Å²) in [7, 11) is 0. The molecule has 0 heterocycles. The predicted octanol–water partition coefficient (Wildman–Crippen LogP) is -7.67. The average Bonchev–Trinajstić information content (AvgIpc) is 2.13. The Bertz CT molecular complexity index is 318. The topological polar surface area (TPSA) is 173 Å². The number of aliphatic carboxylic acids is 4. The fourth-order valence-corrected chi connectivity index (χ4v) is 0.997. The largest absolute Gasteiger partial charge is 2.00 e. The molecule has 0 aliphatic rings. The Kier molecular flexibility index (Phi) is 14.7. The van der Waals surface area contributed by atoms with Gasteiger partial charge in [-0.2, -0.15) is 0 Å². The molecule has 96 valence electrons. The number of carbonyl (C=O) groups is 4. The van der Waals surface area contributed by atoms with Crippen LogP contribution in [0, 0.1) is 0 Å².